The first-order chi connectivity index (χ1) is 16.0. The van der Waals surface area contributed by atoms with Gasteiger partial charge in [-0.25, -0.2) is 4.98 Å². The average molecular weight is 462 g/mol. The Bertz CT molecular complexity index is 1090. The molecule has 2 aromatic carbocycles. The molecule has 1 aliphatic rings. The number of hydrogen-bond donors (Lipinski definition) is 1. The minimum Gasteiger partial charge on any atom is -0.355 e. The van der Waals surface area contributed by atoms with E-state index >= 15 is 0 Å². The molecule has 2 amide bonds. The zero-order valence-electron chi connectivity index (χ0n) is 19.3. The van der Waals surface area contributed by atoms with Crippen LogP contribution in [0, 0.1) is 12.8 Å². The molecule has 0 bridgehead atoms. The lowest BCUT2D eigenvalue weighted by atomic mass is 10.1. The summed E-state index contributed by atoms with van der Waals surface area (Å²) in [6.07, 6.45) is 4.42. The van der Waals surface area contributed by atoms with Gasteiger partial charge in [0.15, 0.2) is 0 Å². The number of carbonyl (C=O) groups excluding carboxylic acids is 2. The van der Waals surface area contributed by atoms with E-state index in [9.17, 15) is 9.59 Å². The maximum absolute atomic E-state index is 12.7. The first-order valence-electron chi connectivity index (χ1n) is 11.7. The van der Waals surface area contributed by atoms with Gasteiger partial charge in [0.25, 0.3) is 0 Å². The Kier molecular flexibility index (Phi) is 7.55. The van der Waals surface area contributed by atoms with Crippen LogP contribution in [0.2, 0.25) is 0 Å². The highest BCUT2D eigenvalue weighted by Gasteiger charge is 2.34. The van der Waals surface area contributed by atoms with Crippen LogP contribution in [0.3, 0.4) is 0 Å². The predicted molar refractivity (Wildman–Crippen MR) is 135 cm³/mol. The van der Waals surface area contributed by atoms with Crippen LogP contribution >= 0.6 is 11.3 Å². The first kappa shape index (κ1) is 23.2. The number of anilines is 1. The minimum absolute atomic E-state index is 0.0179. The molecule has 1 saturated heterocycles. The van der Waals surface area contributed by atoms with Crippen molar-refractivity contribution >= 4 is 28.8 Å². The summed E-state index contributed by atoms with van der Waals surface area (Å²) in [6.45, 7) is 5.20. The Morgan fingerprint density at radius 2 is 1.79 bits per heavy atom. The van der Waals surface area contributed by atoms with E-state index < -0.39 is 0 Å². The van der Waals surface area contributed by atoms with Crippen molar-refractivity contribution in [1.29, 1.82) is 0 Å². The smallest absolute Gasteiger partial charge is 0.227 e. The summed E-state index contributed by atoms with van der Waals surface area (Å²) in [5.41, 5.74) is 5.44. The fraction of sp³-hybridized carbons (Fsp3) is 0.370. The summed E-state index contributed by atoms with van der Waals surface area (Å²) in [5.74, 6) is -0.322. The van der Waals surface area contributed by atoms with Gasteiger partial charge < -0.3 is 10.2 Å². The molecular weight excluding hydrogens is 430 g/mol. The second kappa shape index (κ2) is 10.8. The van der Waals surface area contributed by atoms with Gasteiger partial charge in [-0.15, -0.1) is 11.3 Å². The van der Waals surface area contributed by atoms with Crippen LogP contribution < -0.4 is 10.2 Å². The molecule has 0 aliphatic carbocycles. The van der Waals surface area contributed by atoms with Gasteiger partial charge in [0, 0.05) is 36.1 Å². The number of nitrogens with zero attached hydrogens (tertiary/aromatic N) is 2. The Morgan fingerprint density at radius 3 is 2.45 bits per heavy atom. The molecule has 33 heavy (non-hydrogen) atoms. The molecule has 4 rings (SSSR count). The molecule has 172 valence electrons. The van der Waals surface area contributed by atoms with Crippen LogP contribution in [-0.4, -0.2) is 29.9 Å². The average Bonchev–Trinajstić information content (AvgIpc) is 3.44. The highest BCUT2D eigenvalue weighted by atomic mass is 32.1. The number of aromatic nitrogens is 1. The van der Waals surface area contributed by atoms with E-state index in [0.29, 0.717) is 13.1 Å². The standard InChI is InChI=1S/C27H31N3O2S/c1-3-4-5-20-8-12-24(13-9-20)30-17-23(16-26(30)31)27(32)28-15-14-21-6-10-22(11-7-21)25-18-33-19(2)29-25/h6-13,18,23H,3-5,14-17H2,1-2H3,(H,28,32). The van der Waals surface area contributed by atoms with Crippen molar-refractivity contribution in [3.05, 3.63) is 70.0 Å². The number of thiazole rings is 1. The minimum atomic E-state index is -0.299. The van der Waals surface area contributed by atoms with Crippen molar-refractivity contribution in [2.75, 3.05) is 18.0 Å². The van der Waals surface area contributed by atoms with Crippen LogP contribution in [0.15, 0.2) is 53.9 Å². The number of rotatable bonds is 9. The summed E-state index contributed by atoms with van der Waals surface area (Å²) >= 11 is 1.65. The molecule has 1 aliphatic heterocycles. The third kappa shape index (κ3) is 5.88. The van der Waals surface area contributed by atoms with Crippen molar-refractivity contribution in [3.63, 3.8) is 0 Å². The highest BCUT2D eigenvalue weighted by molar-refractivity contribution is 7.09. The molecule has 1 unspecified atom stereocenters. The maximum atomic E-state index is 12.7. The Hall–Kier alpha value is -2.99. The topological polar surface area (TPSA) is 62.3 Å². The summed E-state index contributed by atoms with van der Waals surface area (Å²) in [5, 5.41) is 6.15. The first-order valence-corrected chi connectivity index (χ1v) is 12.6. The van der Waals surface area contributed by atoms with E-state index in [2.05, 4.69) is 59.0 Å². The second-order valence-electron chi connectivity index (χ2n) is 8.67. The molecule has 0 radical (unpaired) electrons. The van der Waals surface area contributed by atoms with E-state index in [4.69, 9.17) is 0 Å². The number of hydrogen-bond acceptors (Lipinski definition) is 4. The van der Waals surface area contributed by atoms with Gasteiger partial charge in [0.1, 0.15) is 0 Å². The molecule has 6 heteroatoms. The molecule has 0 spiro atoms. The largest absolute Gasteiger partial charge is 0.355 e. The van der Waals surface area contributed by atoms with Gasteiger partial charge in [0.05, 0.1) is 16.6 Å². The van der Waals surface area contributed by atoms with Gasteiger partial charge in [-0.1, -0.05) is 49.7 Å². The van der Waals surface area contributed by atoms with Crippen molar-refractivity contribution in [3.8, 4) is 11.3 Å². The normalized spacial score (nSPS) is 15.8. The van der Waals surface area contributed by atoms with E-state index in [1.165, 1.54) is 24.0 Å². The molecule has 1 N–H and O–H groups in total. The quantitative estimate of drug-likeness (QED) is 0.478. The number of nitrogens with one attached hydrogen (secondary N) is 1. The molecule has 5 nitrogen and oxygen atoms in total. The lowest BCUT2D eigenvalue weighted by Crippen LogP contribution is -2.34. The zero-order chi connectivity index (χ0) is 23.2. The molecule has 3 aromatic rings. The SMILES string of the molecule is CCCCc1ccc(N2CC(C(=O)NCCc3ccc(-c4csc(C)n4)cc3)CC2=O)cc1. The van der Waals surface area contributed by atoms with Crippen LogP contribution in [-0.2, 0) is 22.4 Å². The predicted octanol–water partition coefficient (Wildman–Crippen LogP) is 5.17. The van der Waals surface area contributed by atoms with E-state index in [1.54, 1.807) is 16.2 Å². The number of unbranched alkanes of at least 4 members (excludes halogenated alkanes) is 1. The van der Waals surface area contributed by atoms with Crippen LogP contribution in [0.4, 0.5) is 5.69 Å². The maximum Gasteiger partial charge on any atom is 0.227 e. The van der Waals surface area contributed by atoms with Crippen LogP contribution in [0.1, 0.15) is 42.3 Å². The van der Waals surface area contributed by atoms with Crippen molar-refractivity contribution < 1.29 is 9.59 Å². The number of amides is 2. The fourth-order valence-electron chi connectivity index (χ4n) is 4.17. The molecule has 1 atom stereocenters. The molecule has 2 heterocycles. The molecule has 1 fully saturated rings. The molecular formula is C27H31N3O2S. The Balaban J connectivity index is 1.25. The summed E-state index contributed by atoms with van der Waals surface area (Å²) < 4.78 is 0. The molecule has 1 aromatic heterocycles. The zero-order valence-corrected chi connectivity index (χ0v) is 20.2. The van der Waals surface area contributed by atoms with Gasteiger partial charge >= 0.3 is 0 Å². The third-order valence-corrected chi connectivity index (χ3v) is 6.92. The Labute approximate surface area is 199 Å². The highest BCUT2D eigenvalue weighted by Crippen LogP contribution is 2.26. The summed E-state index contributed by atoms with van der Waals surface area (Å²) in [4.78, 5) is 31.5. The van der Waals surface area contributed by atoms with Gasteiger partial charge in [-0.3, -0.25) is 9.59 Å². The second-order valence-corrected chi connectivity index (χ2v) is 9.73. The van der Waals surface area contributed by atoms with Crippen LogP contribution in [0.5, 0.6) is 0 Å². The monoisotopic (exact) mass is 461 g/mol. The number of carbonyl (C=O) groups is 2. The van der Waals surface area contributed by atoms with Gasteiger partial charge in [-0.2, -0.15) is 0 Å². The van der Waals surface area contributed by atoms with E-state index in [-0.39, 0.29) is 24.2 Å². The fourth-order valence-corrected chi connectivity index (χ4v) is 4.79. The van der Waals surface area contributed by atoms with Crippen molar-refractivity contribution in [1.82, 2.24) is 10.3 Å². The summed E-state index contributed by atoms with van der Waals surface area (Å²) in [6, 6.07) is 16.5. The molecule has 0 saturated carbocycles. The number of aryl methyl sites for hydroxylation is 2. The van der Waals surface area contributed by atoms with Crippen LogP contribution in [0.25, 0.3) is 11.3 Å². The Morgan fingerprint density at radius 1 is 1.09 bits per heavy atom. The number of benzene rings is 2. The van der Waals surface area contributed by atoms with Gasteiger partial charge in [-0.05, 0) is 49.4 Å². The van der Waals surface area contributed by atoms with E-state index in [0.717, 1.165) is 34.8 Å². The van der Waals surface area contributed by atoms with Crippen molar-refractivity contribution in [2.24, 2.45) is 5.92 Å². The lowest BCUT2D eigenvalue weighted by molar-refractivity contribution is -0.126. The van der Waals surface area contributed by atoms with E-state index in [1.807, 2.05) is 19.1 Å². The van der Waals surface area contributed by atoms with Gasteiger partial charge in [0.2, 0.25) is 11.8 Å². The lowest BCUT2D eigenvalue weighted by Gasteiger charge is -2.17. The summed E-state index contributed by atoms with van der Waals surface area (Å²) in [7, 11) is 0. The third-order valence-electron chi connectivity index (χ3n) is 6.14. The van der Waals surface area contributed by atoms with Crippen molar-refractivity contribution in [2.45, 2.75) is 46.0 Å².